The number of aliphatic hydroxyl groups excluding tert-OH is 1. The van der Waals surface area contributed by atoms with E-state index in [1.54, 1.807) is 0 Å². The largest absolute Gasteiger partial charge is 0.394 e. The predicted molar refractivity (Wildman–Crippen MR) is 94.5 cm³/mol. The standard InChI is InChI=1S/C17H25N5O3/c1-2-3-4-5-13-6-8-14(9-7-13)19-17-20-16(15(18)24)22(21-17)12-25-11-10-23/h6-9,23H,2-5,10-12H2,1H3,(H2,18,24)(H,19,21). The van der Waals surface area contributed by atoms with Crippen molar-refractivity contribution in [3.05, 3.63) is 35.7 Å². The third-order valence-corrected chi connectivity index (χ3v) is 3.62. The van der Waals surface area contributed by atoms with Gasteiger partial charge in [0, 0.05) is 5.69 Å². The van der Waals surface area contributed by atoms with E-state index in [0.717, 1.165) is 12.1 Å². The summed E-state index contributed by atoms with van der Waals surface area (Å²) in [5.41, 5.74) is 7.42. The number of carbonyl (C=O) groups is 1. The number of carbonyl (C=O) groups excluding carboxylic acids is 1. The molecule has 0 fully saturated rings. The Morgan fingerprint density at radius 3 is 2.72 bits per heavy atom. The molecule has 1 aromatic heterocycles. The van der Waals surface area contributed by atoms with Crippen molar-refractivity contribution in [2.24, 2.45) is 5.73 Å². The Hall–Kier alpha value is -2.45. The fraction of sp³-hybridized carbons (Fsp3) is 0.471. The normalized spacial score (nSPS) is 10.8. The number of amides is 1. The molecule has 2 aromatic rings. The van der Waals surface area contributed by atoms with Gasteiger partial charge >= 0.3 is 0 Å². The van der Waals surface area contributed by atoms with Gasteiger partial charge in [0.2, 0.25) is 11.8 Å². The number of hydrogen-bond acceptors (Lipinski definition) is 6. The molecule has 1 heterocycles. The molecule has 0 aliphatic carbocycles. The van der Waals surface area contributed by atoms with E-state index in [0.29, 0.717) is 0 Å². The highest BCUT2D eigenvalue weighted by molar-refractivity contribution is 5.89. The number of aromatic nitrogens is 3. The van der Waals surface area contributed by atoms with Crippen LogP contribution in [0.2, 0.25) is 0 Å². The van der Waals surface area contributed by atoms with Crippen LogP contribution in [0.3, 0.4) is 0 Å². The van der Waals surface area contributed by atoms with Gasteiger partial charge in [0.25, 0.3) is 5.91 Å². The monoisotopic (exact) mass is 347 g/mol. The predicted octanol–water partition coefficient (Wildman–Crippen LogP) is 1.82. The molecule has 2 rings (SSSR count). The molecular weight excluding hydrogens is 322 g/mol. The molecule has 25 heavy (non-hydrogen) atoms. The molecule has 0 radical (unpaired) electrons. The minimum atomic E-state index is -0.695. The molecule has 8 heteroatoms. The summed E-state index contributed by atoms with van der Waals surface area (Å²) in [5.74, 6) is -0.434. The lowest BCUT2D eigenvalue weighted by Crippen LogP contribution is -2.20. The number of aryl methyl sites for hydroxylation is 1. The van der Waals surface area contributed by atoms with E-state index < -0.39 is 5.91 Å². The molecule has 4 N–H and O–H groups in total. The van der Waals surface area contributed by atoms with Crippen molar-refractivity contribution in [2.75, 3.05) is 18.5 Å². The maximum atomic E-state index is 11.5. The van der Waals surface area contributed by atoms with Crippen molar-refractivity contribution in [1.82, 2.24) is 14.8 Å². The van der Waals surface area contributed by atoms with Gasteiger partial charge in [-0.2, -0.15) is 4.98 Å². The second kappa shape index (κ2) is 9.75. The summed E-state index contributed by atoms with van der Waals surface area (Å²) in [6.07, 6.45) is 4.69. The first-order valence-electron chi connectivity index (χ1n) is 8.43. The summed E-state index contributed by atoms with van der Waals surface area (Å²) in [7, 11) is 0. The summed E-state index contributed by atoms with van der Waals surface area (Å²) in [6, 6.07) is 8.03. The zero-order valence-corrected chi connectivity index (χ0v) is 14.4. The van der Waals surface area contributed by atoms with E-state index in [4.69, 9.17) is 15.6 Å². The molecule has 0 aliphatic rings. The van der Waals surface area contributed by atoms with E-state index in [1.165, 1.54) is 29.5 Å². The lowest BCUT2D eigenvalue weighted by molar-refractivity contribution is 0.0399. The van der Waals surface area contributed by atoms with Crippen molar-refractivity contribution >= 4 is 17.5 Å². The molecule has 8 nitrogen and oxygen atoms in total. The Bertz CT molecular complexity index is 669. The number of aliphatic hydroxyl groups is 1. The molecule has 0 unspecified atom stereocenters. The van der Waals surface area contributed by atoms with Gasteiger partial charge in [0.15, 0.2) is 0 Å². The highest BCUT2D eigenvalue weighted by atomic mass is 16.5. The first-order valence-corrected chi connectivity index (χ1v) is 8.43. The average molecular weight is 347 g/mol. The van der Waals surface area contributed by atoms with Crippen molar-refractivity contribution in [1.29, 1.82) is 0 Å². The van der Waals surface area contributed by atoms with Gasteiger partial charge in [0.1, 0.15) is 6.73 Å². The van der Waals surface area contributed by atoms with Crippen molar-refractivity contribution in [3.63, 3.8) is 0 Å². The number of hydrogen-bond donors (Lipinski definition) is 3. The molecule has 0 aliphatic heterocycles. The van der Waals surface area contributed by atoms with Crippen LogP contribution < -0.4 is 11.1 Å². The third-order valence-electron chi connectivity index (χ3n) is 3.62. The van der Waals surface area contributed by atoms with Crippen LogP contribution in [0.15, 0.2) is 24.3 Å². The molecule has 0 saturated heterocycles. The van der Waals surface area contributed by atoms with E-state index in [-0.39, 0.29) is 31.7 Å². The van der Waals surface area contributed by atoms with Crippen LogP contribution in [-0.4, -0.2) is 39.0 Å². The first-order chi connectivity index (χ1) is 12.1. The number of primary amides is 1. The van der Waals surface area contributed by atoms with Gasteiger partial charge in [-0.3, -0.25) is 4.79 Å². The summed E-state index contributed by atoms with van der Waals surface area (Å²) in [5, 5.41) is 16.0. The summed E-state index contributed by atoms with van der Waals surface area (Å²) in [4.78, 5) is 15.5. The minimum absolute atomic E-state index is 0.00312. The highest BCUT2D eigenvalue weighted by Crippen LogP contribution is 2.16. The lowest BCUT2D eigenvalue weighted by Gasteiger charge is -2.05. The van der Waals surface area contributed by atoms with Crippen molar-refractivity contribution < 1.29 is 14.6 Å². The Morgan fingerprint density at radius 2 is 2.08 bits per heavy atom. The molecule has 136 valence electrons. The van der Waals surface area contributed by atoms with Crippen LogP contribution in [0, 0.1) is 0 Å². The van der Waals surface area contributed by atoms with E-state index in [1.807, 2.05) is 12.1 Å². The molecule has 0 saturated carbocycles. The fourth-order valence-electron chi connectivity index (χ4n) is 2.35. The van der Waals surface area contributed by atoms with Gasteiger partial charge in [-0.25, -0.2) is 4.68 Å². The number of anilines is 2. The number of nitrogens with zero attached hydrogens (tertiary/aromatic N) is 3. The van der Waals surface area contributed by atoms with E-state index in [9.17, 15) is 4.79 Å². The zero-order valence-electron chi connectivity index (χ0n) is 14.4. The SMILES string of the molecule is CCCCCc1ccc(Nc2nc(C(N)=O)n(COCCO)n2)cc1. The zero-order chi connectivity index (χ0) is 18.1. The van der Waals surface area contributed by atoms with Crippen molar-refractivity contribution in [2.45, 2.75) is 39.3 Å². The van der Waals surface area contributed by atoms with Crippen LogP contribution in [0.1, 0.15) is 42.4 Å². The Morgan fingerprint density at radius 1 is 1.32 bits per heavy atom. The number of nitrogens with two attached hydrogens (primary N) is 1. The van der Waals surface area contributed by atoms with E-state index >= 15 is 0 Å². The highest BCUT2D eigenvalue weighted by Gasteiger charge is 2.15. The lowest BCUT2D eigenvalue weighted by atomic mass is 10.1. The number of ether oxygens (including phenoxy) is 1. The van der Waals surface area contributed by atoms with Crippen molar-refractivity contribution in [3.8, 4) is 0 Å². The quantitative estimate of drug-likeness (QED) is 0.534. The molecule has 1 aromatic carbocycles. The number of rotatable bonds is 11. The first kappa shape index (κ1) is 18.9. The average Bonchev–Trinajstić information content (AvgIpc) is 3.00. The van der Waals surface area contributed by atoms with E-state index in [2.05, 4.69) is 34.5 Å². The number of nitrogens with one attached hydrogen (secondary N) is 1. The summed E-state index contributed by atoms with van der Waals surface area (Å²) < 4.78 is 6.42. The fourth-order valence-corrected chi connectivity index (χ4v) is 2.35. The number of benzene rings is 1. The van der Waals surface area contributed by atoms with Crippen LogP contribution >= 0.6 is 0 Å². The Labute approximate surface area is 147 Å². The topological polar surface area (TPSA) is 115 Å². The van der Waals surface area contributed by atoms with Crippen LogP contribution in [0.4, 0.5) is 11.6 Å². The van der Waals surface area contributed by atoms with Gasteiger partial charge < -0.3 is 20.9 Å². The summed E-state index contributed by atoms with van der Waals surface area (Å²) in [6.45, 7) is 2.20. The number of unbranched alkanes of at least 4 members (excludes halogenated alkanes) is 2. The Balaban J connectivity index is 2.01. The van der Waals surface area contributed by atoms with Crippen LogP contribution in [0.5, 0.6) is 0 Å². The molecule has 0 bridgehead atoms. The van der Waals surface area contributed by atoms with Gasteiger partial charge in [-0.1, -0.05) is 31.9 Å². The van der Waals surface area contributed by atoms with Crippen LogP contribution in [0.25, 0.3) is 0 Å². The molecule has 0 atom stereocenters. The maximum absolute atomic E-state index is 11.5. The molecular formula is C17H25N5O3. The smallest absolute Gasteiger partial charge is 0.286 e. The van der Waals surface area contributed by atoms with Gasteiger partial charge in [-0.15, -0.1) is 5.10 Å². The Kier molecular flexibility index (Phi) is 7.36. The molecule has 0 spiro atoms. The molecule has 1 amide bonds. The summed E-state index contributed by atoms with van der Waals surface area (Å²) >= 11 is 0. The maximum Gasteiger partial charge on any atom is 0.286 e. The van der Waals surface area contributed by atoms with Gasteiger partial charge in [-0.05, 0) is 30.5 Å². The van der Waals surface area contributed by atoms with Crippen LogP contribution in [-0.2, 0) is 17.9 Å². The second-order valence-corrected chi connectivity index (χ2v) is 5.66. The van der Waals surface area contributed by atoms with Gasteiger partial charge in [0.05, 0.1) is 13.2 Å². The minimum Gasteiger partial charge on any atom is -0.394 e. The second-order valence-electron chi connectivity index (χ2n) is 5.66. The third kappa shape index (κ3) is 5.84.